The number of nitrogens with zero attached hydrogens (tertiary/aromatic N) is 3. The summed E-state index contributed by atoms with van der Waals surface area (Å²) in [5.74, 6) is 2.64. The molecular formula is C18H26N4O3. The number of nitrogens with one attached hydrogen (secondary N) is 1. The molecule has 1 aliphatic heterocycles. The summed E-state index contributed by atoms with van der Waals surface area (Å²) in [6.45, 7) is 6.85. The first-order valence-corrected chi connectivity index (χ1v) is 8.85. The number of likely N-dealkylation sites (tertiary alicyclic amines) is 1. The standard InChI is InChI=1S/C18H26N4O3/c1-12(2)7-17-20-18(25-21-17)13-5-4-6-22(10-13)11-14-8-15(23)16(24-3)9-19-14/h8-9,12-13H,4-7,10-11H2,1-3H3,(H,19,23). The summed E-state index contributed by atoms with van der Waals surface area (Å²) in [5, 5.41) is 4.11. The van der Waals surface area contributed by atoms with Gasteiger partial charge in [-0.3, -0.25) is 9.69 Å². The van der Waals surface area contributed by atoms with Crippen LogP contribution in [0.3, 0.4) is 0 Å². The van der Waals surface area contributed by atoms with Crippen LogP contribution in [-0.2, 0) is 13.0 Å². The molecule has 0 amide bonds. The quantitative estimate of drug-likeness (QED) is 0.864. The van der Waals surface area contributed by atoms with Crippen molar-refractivity contribution in [1.82, 2.24) is 20.0 Å². The molecule has 25 heavy (non-hydrogen) atoms. The van der Waals surface area contributed by atoms with Crippen LogP contribution in [0, 0.1) is 5.92 Å². The minimum atomic E-state index is -0.0972. The van der Waals surface area contributed by atoms with Gasteiger partial charge in [0, 0.05) is 37.5 Å². The summed E-state index contributed by atoms with van der Waals surface area (Å²) in [6.07, 6.45) is 4.59. The summed E-state index contributed by atoms with van der Waals surface area (Å²) >= 11 is 0. The second-order valence-electron chi connectivity index (χ2n) is 7.11. The normalized spacial score (nSPS) is 18.6. The average Bonchev–Trinajstić information content (AvgIpc) is 3.03. The molecule has 1 aliphatic rings. The highest BCUT2D eigenvalue weighted by atomic mass is 16.5. The molecule has 3 heterocycles. The maximum absolute atomic E-state index is 11.9. The van der Waals surface area contributed by atoms with Crippen molar-refractivity contribution < 1.29 is 9.26 Å². The SMILES string of the molecule is COc1c[nH]c(CN2CCCC(c3nc(CC(C)C)no3)C2)cc1=O. The molecule has 7 heteroatoms. The van der Waals surface area contributed by atoms with Crippen molar-refractivity contribution in [2.45, 2.75) is 45.6 Å². The Kier molecular flexibility index (Phi) is 5.53. The van der Waals surface area contributed by atoms with Gasteiger partial charge in [0.2, 0.25) is 11.3 Å². The molecule has 0 aliphatic carbocycles. The van der Waals surface area contributed by atoms with Crippen LogP contribution in [0.4, 0.5) is 0 Å². The van der Waals surface area contributed by atoms with E-state index < -0.39 is 0 Å². The number of ether oxygens (including phenoxy) is 1. The van der Waals surface area contributed by atoms with E-state index in [0.717, 1.165) is 49.8 Å². The van der Waals surface area contributed by atoms with Crippen LogP contribution < -0.4 is 10.2 Å². The molecule has 2 aromatic rings. The molecule has 0 aromatic carbocycles. The van der Waals surface area contributed by atoms with E-state index in [1.54, 1.807) is 12.3 Å². The average molecular weight is 346 g/mol. The smallest absolute Gasteiger partial charge is 0.231 e. The first-order chi connectivity index (χ1) is 12.0. The molecule has 1 saturated heterocycles. The molecule has 0 saturated carbocycles. The largest absolute Gasteiger partial charge is 0.491 e. The van der Waals surface area contributed by atoms with Crippen molar-refractivity contribution in [3.63, 3.8) is 0 Å². The van der Waals surface area contributed by atoms with Crippen LogP contribution in [0.1, 0.15) is 50.0 Å². The number of pyridine rings is 1. The lowest BCUT2D eigenvalue weighted by Gasteiger charge is -2.30. The Morgan fingerprint density at radius 3 is 3.04 bits per heavy atom. The lowest BCUT2D eigenvalue weighted by molar-refractivity contribution is 0.178. The molecule has 0 radical (unpaired) electrons. The van der Waals surface area contributed by atoms with Crippen LogP contribution in [0.5, 0.6) is 5.75 Å². The molecule has 136 valence electrons. The van der Waals surface area contributed by atoms with Gasteiger partial charge < -0.3 is 14.2 Å². The summed E-state index contributed by atoms with van der Waals surface area (Å²) in [5.41, 5.74) is 0.789. The number of rotatable bonds is 6. The molecule has 0 spiro atoms. The summed E-state index contributed by atoms with van der Waals surface area (Å²) < 4.78 is 10.5. The van der Waals surface area contributed by atoms with Crippen LogP contribution in [0.25, 0.3) is 0 Å². The Labute approximate surface area is 147 Å². The van der Waals surface area contributed by atoms with Gasteiger partial charge >= 0.3 is 0 Å². The minimum Gasteiger partial charge on any atom is -0.491 e. The Bertz CT molecular complexity index is 753. The van der Waals surface area contributed by atoms with Crippen LogP contribution >= 0.6 is 0 Å². The van der Waals surface area contributed by atoms with E-state index in [4.69, 9.17) is 9.26 Å². The predicted octanol–water partition coefficient (Wildman–Crippen LogP) is 2.34. The molecule has 0 bridgehead atoms. The second-order valence-corrected chi connectivity index (χ2v) is 7.11. The van der Waals surface area contributed by atoms with E-state index in [0.29, 0.717) is 18.2 Å². The van der Waals surface area contributed by atoms with E-state index in [1.807, 2.05) is 0 Å². The van der Waals surface area contributed by atoms with Gasteiger partial charge in [-0.2, -0.15) is 4.98 Å². The first-order valence-electron chi connectivity index (χ1n) is 8.85. The van der Waals surface area contributed by atoms with Crippen molar-refractivity contribution in [1.29, 1.82) is 0 Å². The van der Waals surface area contributed by atoms with Crippen molar-refractivity contribution in [3.8, 4) is 5.75 Å². The van der Waals surface area contributed by atoms with Gasteiger partial charge in [-0.15, -0.1) is 0 Å². The van der Waals surface area contributed by atoms with E-state index >= 15 is 0 Å². The lowest BCUT2D eigenvalue weighted by Crippen LogP contribution is -2.34. The predicted molar refractivity (Wildman–Crippen MR) is 93.7 cm³/mol. The number of H-pyrrole nitrogens is 1. The van der Waals surface area contributed by atoms with Crippen molar-refractivity contribution >= 4 is 0 Å². The van der Waals surface area contributed by atoms with Gasteiger partial charge in [-0.25, -0.2) is 0 Å². The van der Waals surface area contributed by atoms with Crippen molar-refractivity contribution in [3.05, 3.63) is 39.9 Å². The van der Waals surface area contributed by atoms with Crippen LogP contribution in [-0.4, -0.2) is 40.2 Å². The lowest BCUT2D eigenvalue weighted by atomic mass is 9.98. The van der Waals surface area contributed by atoms with Crippen LogP contribution in [0.2, 0.25) is 0 Å². The molecule has 1 unspecified atom stereocenters. The van der Waals surface area contributed by atoms with Crippen molar-refractivity contribution in [2.75, 3.05) is 20.2 Å². The highest BCUT2D eigenvalue weighted by Gasteiger charge is 2.26. The maximum atomic E-state index is 11.9. The third-order valence-electron chi connectivity index (χ3n) is 4.48. The van der Waals surface area contributed by atoms with Gasteiger partial charge in [-0.05, 0) is 25.3 Å². The summed E-state index contributed by atoms with van der Waals surface area (Å²) in [7, 11) is 1.50. The fourth-order valence-electron chi connectivity index (χ4n) is 3.27. The zero-order valence-corrected chi connectivity index (χ0v) is 15.1. The van der Waals surface area contributed by atoms with Gasteiger partial charge in [0.05, 0.1) is 13.0 Å². The zero-order chi connectivity index (χ0) is 17.8. The number of methoxy groups -OCH3 is 1. The van der Waals surface area contributed by atoms with Gasteiger partial charge in [0.25, 0.3) is 0 Å². The van der Waals surface area contributed by atoms with Gasteiger partial charge in [0.15, 0.2) is 11.6 Å². The Balaban J connectivity index is 1.64. The number of aromatic nitrogens is 3. The number of aromatic amines is 1. The van der Waals surface area contributed by atoms with Gasteiger partial charge in [0.1, 0.15) is 0 Å². The van der Waals surface area contributed by atoms with E-state index in [1.165, 1.54) is 7.11 Å². The monoisotopic (exact) mass is 346 g/mol. The fraction of sp³-hybridized carbons (Fsp3) is 0.611. The molecular weight excluding hydrogens is 320 g/mol. The molecule has 1 fully saturated rings. The number of hydrogen-bond acceptors (Lipinski definition) is 6. The van der Waals surface area contributed by atoms with Crippen molar-refractivity contribution in [2.24, 2.45) is 5.92 Å². The maximum Gasteiger partial charge on any atom is 0.231 e. The Morgan fingerprint density at radius 2 is 2.32 bits per heavy atom. The molecule has 2 aromatic heterocycles. The molecule has 1 N–H and O–H groups in total. The van der Waals surface area contributed by atoms with E-state index in [9.17, 15) is 4.79 Å². The molecule has 3 rings (SSSR count). The highest BCUT2D eigenvalue weighted by Crippen LogP contribution is 2.26. The minimum absolute atomic E-state index is 0.0972. The Morgan fingerprint density at radius 1 is 1.48 bits per heavy atom. The molecule has 7 nitrogen and oxygen atoms in total. The van der Waals surface area contributed by atoms with E-state index in [-0.39, 0.29) is 11.3 Å². The molecule has 1 atom stereocenters. The topological polar surface area (TPSA) is 84.2 Å². The van der Waals surface area contributed by atoms with Gasteiger partial charge in [-0.1, -0.05) is 19.0 Å². The number of piperidine rings is 1. The van der Waals surface area contributed by atoms with E-state index in [2.05, 4.69) is 33.9 Å². The third-order valence-corrected chi connectivity index (χ3v) is 4.48. The first kappa shape index (κ1) is 17.7. The summed E-state index contributed by atoms with van der Waals surface area (Å²) in [4.78, 5) is 21.9. The fourth-order valence-corrected chi connectivity index (χ4v) is 3.27. The number of hydrogen-bond donors (Lipinski definition) is 1. The van der Waals surface area contributed by atoms with Crippen LogP contribution in [0.15, 0.2) is 21.6 Å². The second kappa shape index (κ2) is 7.82. The Hall–Kier alpha value is -2.15. The summed E-state index contributed by atoms with van der Waals surface area (Å²) in [6, 6.07) is 1.61. The highest BCUT2D eigenvalue weighted by molar-refractivity contribution is 5.20. The zero-order valence-electron chi connectivity index (χ0n) is 15.1. The third kappa shape index (κ3) is 4.48.